The maximum Gasteiger partial charge on any atom is 0.408 e. The van der Waals surface area contributed by atoms with Crippen molar-refractivity contribution >= 4 is 6.09 Å². The molecule has 0 radical (unpaired) electrons. The van der Waals surface area contributed by atoms with Gasteiger partial charge in [-0.15, -0.1) is 0 Å². The normalized spacial score (nSPS) is 34.4. The van der Waals surface area contributed by atoms with E-state index in [4.69, 9.17) is 14.2 Å². The second-order valence-corrected chi connectivity index (χ2v) is 5.10. The number of carbonyl (C=O) groups is 1. The van der Waals surface area contributed by atoms with Gasteiger partial charge in [0.25, 0.3) is 0 Å². The predicted octanol–water partition coefficient (Wildman–Crippen LogP) is -0.242. The van der Waals surface area contributed by atoms with E-state index in [0.717, 1.165) is 5.56 Å². The first-order valence-electron chi connectivity index (χ1n) is 6.73. The van der Waals surface area contributed by atoms with Crippen LogP contribution in [0.3, 0.4) is 0 Å². The van der Waals surface area contributed by atoms with E-state index in [2.05, 4.69) is 5.32 Å². The van der Waals surface area contributed by atoms with Gasteiger partial charge in [0.15, 0.2) is 6.10 Å². The molecule has 3 rings (SSSR count). The Kier molecular flexibility index (Phi) is 4.07. The highest BCUT2D eigenvalue weighted by Crippen LogP contribution is 2.30. The summed E-state index contributed by atoms with van der Waals surface area (Å²) in [5, 5.41) is 22.2. The van der Waals surface area contributed by atoms with Gasteiger partial charge >= 0.3 is 6.09 Å². The Bertz CT molecular complexity index is 495. The first-order valence-corrected chi connectivity index (χ1v) is 6.73. The highest BCUT2D eigenvalue weighted by molar-refractivity contribution is 5.71. The minimum atomic E-state index is -1.12. The Morgan fingerprint density at radius 2 is 1.95 bits per heavy atom. The number of hydrogen-bond donors (Lipinski definition) is 3. The van der Waals surface area contributed by atoms with Crippen molar-refractivity contribution in [2.24, 2.45) is 0 Å². The summed E-state index contributed by atoms with van der Waals surface area (Å²) < 4.78 is 15.8. The Morgan fingerprint density at radius 1 is 1.19 bits per heavy atom. The molecular formula is C14H17NO6. The highest BCUT2D eigenvalue weighted by atomic mass is 16.7. The summed E-state index contributed by atoms with van der Waals surface area (Å²) in [7, 11) is 0. The average Bonchev–Trinajstić information content (AvgIpc) is 2.96. The summed E-state index contributed by atoms with van der Waals surface area (Å²) in [6.07, 6.45) is -4.36. The first-order chi connectivity index (χ1) is 10.2. The van der Waals surface area contributed by atoms with Crippen LogP contribution in [-0.4, -0.2) is 53.6 Å². The zero-order valence-electron chi connectivity index (χ0n) is 11.2. The number of nitrogens with one attached hydrogen (secondary N) is 1. The molecule has 0 unspecified atom stereocenters. The van der Waals surface area contributed by atoms with E-state index in [-0.39, 0.29) is 6.79 Å². The molecule has 0 aromatic heterocycles. The van der Waals surface area contributed by atoms with E-state index in [1.54, 1.807) is 0 Å². The minimum Gasteiger partial charge on any atom is -0.441 e. The standard InChI is InChI=1S/C14H17NO6/c16-10-9-12(21-14(18)15-9)13(11(10)17)20-7-19-6-8-4-2-1-3-5-8/h1-5,9-13,16-17H,6-7H2,(H,15,18)/t9-,10+,11+,12-,13-/m1/s1. The maximum atomic E-state index is 11.2. The molecule has 1 heterocycles. The van der Waals surface area contributed by atoms with Crippen molar-refractivity contribution in [2.75, 3.05) is 6.79 Å². The third kappa shape index (κ3) is 2.86. The number of fused-ring (bicyclic) bond motifs is 1. The van der Waals surface area contributed by atoms with Crippen molar-refractivity contribution < 1.29 is 29.2 Å². The fourth-order valence-electron chi connectivity index (χ4n) is 2.66. The zero-order valence-corrected chi connectivity index (χ0v) is 11.2. The van der Waals surface area contributed by atoms with Crippen LogP contribution in [0, 0.1) is 0 Å². The molecule has 1 amide bonds. The topological polar surface area (TPSA) is 97.3 Å². The van der Waals surface area contributed by atoms with E-state index in [0.29, 0.717) is 6.61 Å². The van der Waals surface area contributed by atoms with Gasteiger partial charge in [0.2, 0.25) is 0 Å². The highest BCUT2D eigenvalue weighted by Gasteiger charge is 2.56. The van der Waals surface area contributed by atoms with E-state index in [1.807, 2.05) is 30.3 Å². The maximum absolute atomic E-state index is 11.2. The molecule has 1 saturated carbocycles. The van der Waals surface area contributed by atoms with Gasteiger partial charge in [0, 0.05) is 0 Å². The van der Waals surface area contributed by atoms with Crippen LogP contribution in [0.2, 0.25) is 0 Å². The zero-order chi connectivity index (χ0) is 14.8. The van der Waals surface area contributed by atoms with Crippen LogP contribution < -0.4 is 5.32 Å². The van der Waals surface area contributed by atoms with Gasteiger partial charge in [0.1, 0.15) is 31.1 Å². The van der Waals surface area contributed by atoms with E-state index < -0.39 is 36.6 Å². The molecule has 1 saturated heterocycles. The van der Waals surface area contributed by atoms with Gasteiger partial charge in [-0.2, -0.15) is 0 Å². The second kappa shape index (κ2) is 5.98. The fourth-order valence-corrected chi connectivity index (χ4v) is 2.66. The molecule has 1 aliphatic heterocycles. The molecule has 21 heavy (non-hydrogen) atoms. The summed E-state index contributed by atoms with van der Waals surface area (Å²) in [6.45, 7) is 0.308. The number of aliphatic hydroxyl groups excluding tert-OH is 2. The Balaban J connectivity index is 1.49. The molecule has 114 valence electrons. The predicted molar refractivity (Wildman–Crippen MR) is 70.2 cm³/mol. The number of rotatable bonds is 5. The summed E-state index contributed by atoms with van der Waals surface area (Å²) in [5.74, 6) is 0. The van der Waals surface area contributed by atoms with Crippen LogP contribution in [-0.2, 0) is 20.8 Å². The number of hydrogen-bond acceptors (Lipinski definition) is 6. The smallest absolute Gasteiger partial charge is 0.408 e. The molecule has 0 spiro atoms. The van der Waals surface area contributed by atoms with Crippen molar-refractivity contribution in [1.29, 1.82) is 0 Å². The van der Waals surface area contributed by atoms with Crippen LogP contribution >= 0.6 is 0 Å². The third-order valence-electron chi connectivity index (χ3n) is 3.72. The van der Waals surface area contributed by atoms with Gasteiger partial charge in [-0.25, -0.2) is 4.79 Å². The van der Waals surface area contributed by atoms with Crippen LogP contribution in [0.25, 0.3) is 0 Å². The fraction of sp³-hybridized carbons (Fsp3) is 0.500. The average molecular weight is 295 g/mol. The van der Waals surface area contributed by atoms with E-state index >= 15 is 0 Å². The Labute approximate surface area is 121 Å². The van der Waals surface area contributed by atoms with E-state index in [1.165, 1.54) is 0 Å². The summed E-state index contributed by atoms with van der Waals surface area (Å²) >= 11 is 0. The third-order valence-corrected chi connectivity index (χ3v) is 3.72. The van der Waals surface area contributed by atoms with Crippen molar-refractivity contribution in [3.63, 3.8) is 0 Å². The van der Waals surface area contributed by atoms with Crippen molar-refractivity contribution in [2.45, 2.75) is 37.1 Å². The lowest BCUT2D eigenvalue weighted by atomic mass is 10.2. The van der Waals surface area contributed by atoms with Crippen molar-refractivity contribution in [3.8, 4) is 0 Å². The number of amides is 1. The van der Waals surface area contributed by atoms with E-state index in [9.17, 15) is 15.0 Å². The quantitative estimate of drug-likeness (QED) is 0.512. The number of ether oxygens (including phenoxy) is 3. The lowest BCUT2D eigenvalue weighted by Crippen LogP contribution is -2.40. The molecule has 1 aliphatic carbocycles. The number of aliphatic hydroxyl groups is 2. The summed E-state index contributed by atoms with van der Waals surface area (Å²) in [4.78, 5) is 11.2. The Hall–Kier alpha value is -1.67. The molecule has 2 fully saturated rings. The van der Waals surface area contributed by atoms with Crippen LogP contribution in [0.15, 0.2) is 30.3 Å². The molecule has 2 aliphatic rings. The molecule has 5 atom stereocenters. The number of alkyl carbamates (subject to hydrolysis) is 1. The summed E-state index contributed by atoms with van der Waals surface area (Å²) in [6, 6.07) is 8.93. The van der Waals surface area contributed by atoms with Gasteiger partial charge in [-0.3, -0.25) is 0 Å². The number of carbonyl (C=O) groups excluding carboxylic acids is 1. The second-order valence-electron chi connectivity index (χ2n) is 5.10. The van der Waals surface area contributed by atoms with Gasteiger partial charge in [0.05, 0.1) is 6.61 Å². The molecular weight excluding hydrogens is 278 g/mol. The van der Waals surface area contributed by atoms with Crippen LogP contribution in [0.4, 0.5) is 4.79 Å². The molecule has 1 aromatic rings. The monoisotopic (exact) mass is 295 g/mol. The molecule has 7 nitrogen and oxygen atoms in total. The summed E-state index contributed by atoms with van der Waals surface area (Å²) in [5.41, 5.74) is 1.000. The first kappa shape index (κ1) is 14.3. The lowest BCUT2D eigenvalue weighted by molar-refractivity contribution is -0.149. The van der Waals surface area contributed by atoms with Crippen molar-refractivity contribution in [3.05, 3.63) is 35.9 Å². The molecule has 3 N–H and O–H groups in total. The molecule has 7 heteroatoms. The molecule has 1 aromatic carbocycles. The van der Waals surface area contributed by atoms with Gasteiger partial charge in [-0.05, 0) is 5.56 Å². The minimum absolute atomic E-state index is 0.0654. The van der Waals surface area contributed by atoms with Crippen molar-refractivity contribution in [1.82, 2.24) is 5.32 Å². The van der Waals surface area contributed by atoms with Crippen LogP contribution in [0.1, 0.15) is 5.56 Å². The number of benzene rings is 1. The Morgan fingerprint density at radius 3 is 2.71 bits per heavy atom. The lowest BCUT2D eigenvalue weighted by Gasteiger charge is -2.20. The van der Waals surface area contributed by atoms with Gasteiger partial charge in [-0.1, -0.05) is 30.3 Å². The van der Waals surface area contributed by atoms with Crippen LogP contribution in [0.5, 0.6) is 0 Å². The SMILES string of the molecule is O=C1N[C@@H]2[C@H](O)[C@H](O)[C@@H](OCOCc3ccccc3)[C@@H]2O1. The molecule has 0 bridgehead atoms. The largest absolute Gasteiger partial charge is 0.441 e. The van der Waals surface area contributed by atoms with Gasteiger partial charge < -0.3 is 29.7 Å².